The van der Waals surface area contributed by atoms with Crippen molar-refractivity contribution >= 4 is 11.6 Å². The molecule has 7 heteroatoms. The maximum atomic E-state index is 12.7. The Morgan fingerprint density at radius 1 is 1.58 bits per heavy atom. The molecule has 0 aliphatic heterocycles. The van der Waals surface area contributed by atoms with Crippen molar-refractivity contribution in [3.8, 4) is 0 Å². The monoisotopic (exact) mass is 272 g/mol. The van der Waals surface area contributed by atoms with Gasteiger partial charge >= 0.3 is 0 Å². The van der Waals surface area contributed by atoms with Gasteiger partial charge in [-0.2, -0.15) is 5.10 Å². The van der Waals surface area contributed by atoms with E-state index in [0.717, 1.165) is 19.4 Å². The number of anilines is 1. The van der Waals surface area contributed by atoms with E-state index in [0.29, 0.717) is 11.7 Å². The van der Waals surface area contributed by atoms with E-state index in [1.165, 1.54) is 0 Å². The minimum Gasteiger partial charge on any atom is -0.322 e. The molecular formula is C12H18F2N4O. The third-order valence-corrected chi connectivity index (χ3v) is 3.26. The van der Waals surface area contributed by atoms with Crippen molar-refractivity contribution in [2.24, 2.45) is 0 Å². The minimum absolute atomic E-state index is 0.104. The van der Waals surface area contributed by atoms with Gasteiger partial charge in [0, 0.05) is 6.04 Å². The number of H-pyrrole nitrogens is 1. The molecule has 0 aromatic carbocycles. The lowest BCUT2D eigenvalue weighted by molar-refractivity contribution is -0.117. The van der Waals surface area contributed by atoms with Crippen molar-refractivity contribution in [2.75, 3.05) is 18.4 Å². The molecule has 1 aliphatic carbocycles. The van der Waals surface area contributed by atoms with Gasteiger partial charge in [-0.3, -0.25) is 14.8 Å². The van der Waals surface area contributed by atoms with E-state index in [-0.39, 0.29) is 18.1 Å². The average molecular weight is 272 g/mol. The number of halogens is 2. The average Bonchev–Trinajstić information content (AvgIpc) is 3.13. The van der Waals surface area contributed by atoms with Crippen LogP contribution in [0.5, 0.6) is 0 Å². The smallest absolute Gasteiger partial charge is 0.284 e. The van der Waals surface area contributed by atoms with E-state index in [1.54, 1.807) is 6.92 Å². The molecule has 1 amide bonds. The Morgan fingerprint density at radius 3 is 2.79 bits per heavy atom. The van der Waals surface area contributed by atoms with Crippen LogP contribution in [0.2, 0.25) is 0 Å². The van der Waals surface area contributed by atoms with Crippen molar-refractivity contribution in [1.29, 1.82) is 0 Å². The summed E-state index contributed by atoms with van der Waals surface area (Å²) < 4.78 is 25.4. The predicted molar refractivity (Wildman–Crippen MR) is 67.2 cm³/mol. The topological polar surface area (TPSA) is 61.0 Å². The molecule has 0 radical (unpaired) electrons. The predicted octanol–water partition coefficient (Wildman–Crippen LogP) is 2.08. The summed E-state index contributed by atoms with van der Waals surface area (Å²) in [4.78, 5) is 13.9. The third kappa shape index (κ3) is 3.28. The number of amides is 1. The number of aromatic nitrogens is 2. The molecule has 106 valence electrons. The largest absolute Gasteiger partial charge is 0.322 e. The minimum atomic E-state index is -2.70. The summed E-state index contributed by atoms with van der Waals surface area (Å²) in [6, 6.07) is 0.468. The van der Waals surface area contributed by atoms with Gasteiger partial charge in [-0.1, -0.05) is 6.92 Å². The third-order valence-electron chi connectivity index (χ3n) is 3.26. The molecule has 19 heavy (non-hydrogen) atoms. The molecule has 5 nitrogen and oxygen atoms in total. The highest BCUT2D eigenvalue weighted by molar-refractivity contribution is 5.93. The lowest BCUT2D eigenvalue weighted by Gasteiger charge is -2.19. The number of aryl methyl sites for hydroxylation is 1. The number of hydrogen-bond donors (Lipinski definition) is 2. The lowest BCUT2D eigenvalue weighted by Crippen LogP contribution is -2.34. The fourth-order valence-corrected chi connectivity index (χ4v) is 2.07. The summed E-state index contributed by atoms with van der Waals surface area (Å²) in [5.41, 5.74) is 0.144. The van der Waals surface area contributed by atoms with Crippen molar-refractivity contribution in [2.45, 2.75) is 39.2 Å². The van der Waals surface area contributed by atoms with Crippen LogP contribution >= 0.6 is 0 Å². The highest BCUT2D eigenvalue weighted by atomic mass is 19.3. The first-order chi connectivity index (χ1) is 9.02. The number of nitrogens with one attached hydrogen (secondary N) is 2. The molecule has 1 aromatic heterocycles. The van der Waals surface area contributed by atoms with Crippen LogP contribution in [-0.4, -0.2) is 40.1 Å². The summed E-state index contributed by atoms with van der Waals surface area (Å²) in [5, 5.41) is 8.51. The first-order valence-electron chi connectivity index (χ1n) is 6.39. The van der Waals surface area contributed by atoms with E-state index in [4.69, 9.17) is 0 Å². The summed E-state index contributed by atoms with van der Waals surface area (Å²) in [6.07, 6.45) is -0.492. The van der Waals surface area contributed by atoms with Gasteiger partial charge in [0.2, 0.25) is 5.91 Å². The van der Waals surface area contributed by atoms with Gasteiger partial charge in [0.05, 0.1) is 17.9 Å². The summed E-state index contributed by atoms with van der Waals surface area (Å²) in [7, 11) is 0. The van der Waals surface area contributed by atoms with Crippen molar-refractivity contribution < 1.29 is 13.6 Å². The first kappa shape index (κ1) is 13.9. The highest BCUT2D eigenvalue weighted by Crippen LogP contribution is 2.28. The molecule has 0 spiro atoms. The zero-order chi connectivity index (χ0) is 14.0. The Bertz CT molecular complexity index is 457. The van der Waals surface area contributed by atoms with E-state index in [9.17, 15) is 13.6 Å². The maximum Gasteiger partial charge on any atom is 0.284 e. The van der Waals surface area contributed by atoms with Crippen LogP contribution in [0.4, 0.5) is 14.5 Å². The number of carbonyl (C=O) groups is 1. The molecule has 1 aliphatic rings. The fourth-order valence-electron chi connectivity index (χ4n) is 2.07. The first-order valence-corrected chi connectivity index (χ1v) is 6.39. The van der Waals surface area contributed by atoms with Crippen LogP contribution in [0.1, 0.15) is 37.6 Å². The summed E-state index contributed by atoms with van der Waals surface area (Å²) >= 11 is 0. The van der Waals surface area contributed by atoms with Gasteiger partial charge in [0.15, 0.2) is 5.69 Å². The van der Waals surface area contributed by atoms with Gasteiger partial charge in [-0.15, -0.1) is 0 Å². The number of carbonyl (C=O) groups excluding carboxylic acids is 1. The van der Waals surface area contributed by atoms with Crippen LogP contribution in [0.25, 0.3) is 0 Å². The van der Waals surface area contributed by atoms with Crippen LogP contribution in [-0.2, 0) is 4.79 Å². The second kappa shape index (κ2) is 5.64. The molecule has 1 saturated carbocycles. The Morgan fingerprint density at radius 2 is 2.26 bits per heavy atom. The Balaban J connectivity index is 2.00. The summed E-state index contributed by atoms with van der Waals surface area (Å²) in [5.74, 6) is -0.278. The Kier molecular flexibility index (Phi) is 4.14. The normalized spacial score (nSPS) is 15.3. The highest BCUT2D eigenvalue weighted by Gasteiger charge is 2.29. The quantitative estimate of drug-likeness (QED) is 0.833. The molecule has 0 atom stereocenters. The van der Waals surface area contributed by atoms with Gasteiger partial charge in [0.1, 0.15) is 0 Å². The van der Waals surface area contributed by atoms with E-state index < -0.39 is 12.1 Å². The number of alkyl halides is 2. The van der Waals surface area contributed by atoms with Crippen molar-refractivity contribution in [3.63, 3.8) is 0 Å². The van der Waals surface area contributed by atoms with Gasteiger partial charge in [0.25, 0.3) is 6.43 Å². The van der Waals surface area contributed by atoms with E-state index in [1.807, 2.05) is 11.8 Å². The number of aromatic amines is 1. The fraction of sp³-hybridized carbons (Fsp3) is 0.667. The number of hydrogen-bond acceptors (Lipinski definition) is 3. The second-order valence-corrected chi connectivity index (χ2v) is 4.75. The maximum absolute atomic E-state index is 12.7. The zero-order valence-electron chi connectivity index (χ0n) is 11.0. The SMILES string of the molecule is CCN(CC(=O)Nc1c(C(F)F)n[nH]c1C)C1CC1. The van der Waals surface area contributed by atoms with Crippen LogP contribution in [0.15, 0.2) is 0 Å². The zero-order valence-corrected chi connectivity index (χ0v) is 11.0. The van der Waals surface area contributed by atoms with Crippen molar-refractivity contribution in [1.82, 2.24) is 15.1 Å². The Hall–Kier alpha value is -1.50. The molecular weight excluding hydrogens is 254 g/mol. The summed E-state index contributed by atoms with van der Waals surface area (Å²) in [6.45, 7) is 4.60. The van der Waals surface area contributed by atoms with Crippen LogP contribution in [0.3, 0.4) is 0 Å². The lowest BCUT2D eigenvalue weighted by atomic mass is 10.3. The second-order valence-electron chi connectivity index (χ2n) is 4.75. The molecule has 0 saturated heterocycles. The molecule has 2 rings (SSSR count). The van der Waals surface area contributed by atoms with Crippen LogP contribution in [0, 0.1) is 6.92 Å². The molecule has 1 aromatic rings. The molecule has 1 fully saturated rings. The van der Waals surface area contributed by atoms with Gasteiger partial charge < -0.3 is 5.32 Å². The van der Waals surface area contributed by atoms with E-state index in [2.05, 4.69) is 15.5 Å². The molecule has 1 heterocycles. The standard InChI is InChI=1S/C12H18F2N4O/c1-3-18(8-4-5-8)6-9(19)15-10-7(2)16-17-11(10)12(13)14/h8,12H,3-6H2,1-2H3,(H,15,19)(H,16,17). The Labute approximate surface area is 110 Å². The molecule has 2 N–H and O–H groups in total. The number of likely N-dealkylation sites (N-methyl/N-ethyl adjacent to an activating group) is 1. The van der Waals surface area contributed by atoms with E-state index >= 15 is 0 Å². The van der Waals surface area contributed by atoms with Gasteiger partial charge in [-0.05, 0) is 26.3 Å². The van der Waals surface area contributed by atoms with Gasteiger partial charge in [-0.25, -0.2) is 8.78 Å². The molecule has 0 bridgehead atoms. The number of rotatable bonds is 6. The molecule has 0 unspecified atom stereocenters. The van der Waals surface area contributed by atoms with Crippen LogP contribution < -0.4 is 5.32 Å². The number of nitrogens with zero attached hydrogens (tertiary/aromatic N) is 2. The van der Waals surface area contributed by atoms with Crippen molar-refractivity contribution in [3.05, 3.63) is 11.4 Å².